The van der Waals surface area contributed by atoms with Crippen LogP contribution in [-0.4, -0.2) is 34.8 Å². The van der Waals surface area contributed by atoms with Crippen molar-refractivity contribution in [3.05, 3.63) is 21.7 Å². The van der Waals surface area contributed by atoms with Crippen molar-refractivity contribution >= 4 is 17.4 Å². The minimum absolute atomic E-state index is 0.112. The van der Waals surface area contributed by atoms with Gasteiger partial charge in [0, 0.05) is 25.8 Å². The smallest absolute Gasteiger partial charge is 0.253 e. The van der Waals surface area contributed by atoms with Gasteiger partial charge in [0.2, 0.25) is 5.28 Å². The van der Waals surface area contributed by atoms with Gasteiger partial charge >= 0.3 is 0 Å². The van der Waals surface area contributed by atoms with Crippen molar-refractivity contribution in [3.8, 4) is 0 Å². The van der Waals surface area contributed by atoms with E-state index in [0.717, 1.165) is 38.8 Å². The Morgan fingerprint density at radius 2 is 2.11 bits per heavy atom. The van der Waals surface area contributed by atoms with Gasteiger partial charge in [-0.15, -0.1) is 0 Å². The van der Waals surface area contributed by atoms with Crippen LogP contribution in [-0.2, 0) is 0 Å². The van der Waals surface area contributed by atoms with Crippen LogP contribution in [0.2, 0.25) is 5.28 Å². The second-order valence-corrected chi connectivity index (χ2v) is 4.52. The van der Waals surface area contributed by atoms with Crippen molar-refractivity contribution < 1.29 is 5.11 Å². The second kappa shape index (κ2) is 8.11. The zero-order chi connectivity index (χ0) is 13.4. The van der Waals surface area contributed by atoms with E-state index in [-0.39, 0.29) is 17.4 Å². The van der Waals surface area contributed by atoms with Crippen LogP contribution in [0.1, 0.15) is 32.6 Å². The van der Waals surface area contributed by atoms with Gasteiger partial charge in [-0.3, -0.25) is 9.78 Å². The highest BCUT2D eigenvalue weighted by Crippen LogP contribution is 2.12. The molecule has 0 spiro atoms. The Bertz CT molecular complexity index is 409. The number of unbranched alkanes of at least 4 members (excludes halogenated alkanes) is 2. The van der Waals surface area contributed by atoms with E-state index in [1.165, 1.54) is 6.07 Å². The number of aromatic amines is 1. The number of anilines is 1. The quantitative estimate of drug-likeness (QED) is 0.560. The van der Waals surface area contributed by atoms with Gasteiger partial charge in [0.25, 0.3) is 5.56 Å². The molecule has 2 N–H and O–H groups in total. The van der Waals surface area contributed by atoms with Crippen molar-refractivity contribution in [1.82, 2.24) is 9.97 Å². The number of halogens is 1. The molecule has 0 aliphatic carbocycles. The maximum absolute atomic E-state index is 11.4. The zero-order valence-corrected chi connectivity index (χ0v) is 11.4. The molecule has 102 valence electrons. The minimum atomic E-state index is -0.242. The molecule has 1 rings (SSSR count). The number of aromatic nitrogens is 2. The number of hydrogen-bond acceptors (Lipinski definition) is 4. The van der Waals surface area contributed by atoms with E-state index < -0.39 is 0 Å². The molecule has 0 fully saturated rings. The third kappa shape index (κ3) is 5.06. The van der Waals surface area contributed by atoms with E-state index in [2.05, 4.69) is 16.9 Å². The van der Waals surface area contributed by atoms with Crippen LogP contribution in [0.3, 0.4) is 0 Å². The Morgan fingerprint density at radius 1 is 1.39 bits per heavy atom. The third-order valence-electron chi connectivity index (χ3n) is 2.64. The number of rotatable bonds is 8. The fraction of sp³-hybridized carbons (Fsp3) is 0.667. The summed E-state index contributed by atoms with van der Waals surface area (Å²) in [4.78, 5) is 20.0. The maximum atomic E-state index is 11.4. The van der Waals surface area contributed by atoms with Crippen molar-refractivity contribution in [1.29, 1.82) is 0 Å². The summed E-state index contributed by atoms with van der Waals surface area (Å²) in [6.45, 7) is 3.91. The first kappa shape index (κ1) is 15.0. The number of nitrogens with one attached hydrogen (secondary N) is 1. The van der Waals surface area contributed by atoms with Crippen LogP contribution in [0.4, 0.5) is 5.82 Å². The lowest BCUT2D eigenvalue weighted by atomic mass is 10.2. The lowest BCUT2D eigenvalue weighted by Gasteiger charge is -2.23. The van der Waals surface area contributed by atoms with E-state index >= 15 is 0 Å². The lowest BCUT2D eigenvalue weighted by Crippen LogP contribution is -2.28. The Morgan fingerprint density at radius 3 is 2.72 bits per heavy atom. The van der Waals surface area contributed by atoms with E-state index in [4.69, 9.17) is 16.7 Å². The summed E-state index contributed by atoms with van der Waals surface area (Å²) in [5.41, 5.74) is -0.242. The molecule has 18 heavy (non-hydrogen) atoms. The standard InChI is InChI=1S/C12H20ClN3O2/c1-2-3-6-16(7-4-5-8-17)10-9-11(18)15-12(13)14-10/h9,17H,2-8H2,1H3,(H,14,15,18). The van der Waals surface area contributed by atoms with E-state index in [0.29, 0.717) is 5.82 Å². The monoisotopic (exact) mass is 273 g/mol. The highest BCUT2D eigenvalue weighted by atomic mass is 35.5. The zero-order valence-electron chi connectivity index (χ0n) is 10.7. The number of H-pyrrole nitrogens is 1. The molecule has 0 bridgehead atoms. The number of aliphatic hydroxyl groups excluding tert-OH is 1. The first-order valence-corrected chi connectivity index (χ1v) is 6.68. The summed E-state index contributed by atoms with van der Waals surface area (Å²) in [6, 6.07) is 1.46. The van der Waals surface area contributed by atoms with Gasteiger partial charge in [-0.05, 0) is 30.9 Å². The predicted molar refractivity (Wildman–Crippen MR) is 73.3 cm³/mol. The van der Waals surface area contributed by atoms with Gasteiger partial charge in [-0.25, -0.2) is 4.98 Å². The Kier molecular flexibility index (Phi) is 6.75. The molecule has 0 saturated carbocycles. The van der Waals surface area contributed by atoms with Crippen LogP contribution in [0.15, 0.2) is 10.9 Å². The molecule has 1 aromatic heterocycles. The Labute approximate surface area is 112 Å². The number of aliphatic hydroxyl groups is 1. The number of hydrogen-bond donors (Lipinski definition) is 2. The average molecular weight is 274 g/mol. The van der Waals surface area contributed by atoms with Gasteiger partial charge in [0.05, 0.1) is 0 Å². The Hall–Kier alpha value is -1.07. The fourth-order valence-electron chi connectivity index (χ4n) is 1.68. The van der Waals surface area contributed by atoms with Crippen molar-refractivity contribution in [3.63, 3.8) is 0 Å². The van der Waals surface area contributed by atoms with E-state index in [1.54, 1.807) is 0 Å². The summed E-state index contributed by atoms with van der Waals surface area (Å²) in [5, 5.41) is 8.92. The van der Waals surface area contributed by atoms with Crippen molar-refractivity contribution in [2.24, 2.45) is 0 Å². The average Bonchev–Trinajstić information content (AvgIpc) is 2.32. The molecule has 0 atom stereocenters. The molecule has 0 aromatic carbocycles. The van der Waals surface area contributed by atoms with Crippen LogP contribution in [0.25, 0.3) is 0 Å². The van der Waals surface area contributed by atoms with Crippen LogP contribution >= 0.6 is 11.6 Å². The summed E-state index contributed by atoms with van der Waals surface area (Å²) in [7, 11) is 0. The predicted octanol–water partition coefficient (Wildman–Crippen LogP) is 1.80. The molecule has 1 heterocycles. The van der Waals surface area contributed by atoms with Crippen molar-refractivity contribution in [2.75, 3.05) is 24.6 Å². The largest absolute Gasteiger partial charge is 0.396 e. The summed E-state index contributed by atoms with van der Waals surface area (Å²) in [6.07, 6.45) is 3.73. The molecule has 0 amide bonds. The number of nitrogens with zero attached hydrogens (tertiary/aromatic N) is 2. The van der Waals surface area contributed by atoms with Gasteiger partial charge in [-0.1, -0.05) is 13.3 Å². The van der Waals surface area contributed by atoms with Gasteiger partial charge < -0.3 is 10.0 Å². The molecule has 0 radical (unpaired) electrons. The van der Waals surface area contributed by atoms with Crippen LogP contribution in [0.5, 0.6) is 0 Å². The van der Waals surface area contributed by atoms with Gasteiger partial charge in [0.1, 0.15) is 5.82 Å². The summed E-state index contributed by atoms with van der Waals surface area (Å²) in [5.74, 6) is 0.607. The van der Waals surface area contributed by atoms with E-state index in [1.807, 2.05) is 4.90 Å². The molecule has 6 heteroatoms. The summed E-state index contributed by atoms with van der Waals surface area (Å²) < 4.78 is 0. The van der Waals surface area contributed by atoms with Gasteiger partial charge in [0.15, 0.2) is 0 Å². The molecular weight excluding hydrogens is 254 g/mol. The highest BCUT2D eigenvalue weighted by Gasteiger charge is 2.09. The van der Waals surface area contributed by atoms with E-state index in [9.17, 15) is 4.79 Å². The third-order valence-corrected chi connectivity index (χ3v) is 2.82. The molecule has 0 aliphatic heterocycles. The topological polar surface area (TPSA) is 69.2 Å². The SMILES string of the molecule is CCCCN(CCCCO)c1cc(=O)[nH]c(Cl)n1. The summed E-state index contributed by atoms with van der Waals surface area (Å²) >= 11 is 5.76. The Balaban J connectivity index is 2.76. The molecule has 1 aromatic rings. The molecular formula is C12H20ClN3O2. The first-order valence-electron chi connectivity index (χ1n) is 6.30. The highest BCUT2D eigenvalue weighted by molar-refractivity contribution is 6.28. The second-order valence-electron chi connectivity index (χ2n) is 4.17. The van der Waals surface area contributed by atoms with Crippen LogP contribution < -0.4 is 10.5 Å². The molecule has 0 unspecified atom stereocenters. The maximum Gasteiger partial charge on any atom is 0.253 e. The molecule has 5 nitrogen and oxygen atoms in total. The van der Waals surface area contributed by atoms with Gasteiger partial charge in [-0.2, -0.15) is 0 Å². The van der Waals surface area contributed by atoms with Crippen molar-refractivity contribution in [2.45, 2.75) is 32.6 Å². The first-order chi connectivity index (χ1) is 8.67. The minimum Gasteiger partial charge on any atom is -0.396 e. The molecule has 0 saturated heterocycles. The fourth-order valence-corrected chi connectivity index (χ4v) is 1.86. The normalized spacial score (nSPS) is 10.6. The molecule has 0 aliphatic rings. The van der Waals surface area contributed by atoms with Crippen LogP contribution in [0, 0.1) is 0 Å². The lowest BCUT2D eigenvalue weighted by molar-refractivity contribution is 0.285.